The van der Waals surface area contributed by atoms with E-state index in [4.69, 9.17) is 9.47 Å². The Labute approximate surface area is 105 Å². The molecule has 0 aromatic carbocycles. The molecule has 0 radical (unpaired) electrons. The number of carbonyl (C=O) groups is 2. The molecule has 0 aliphatic heterocycles. The highest BCUT2D eigenvalue weighted by Gasteiger charge is 2.20. The Morgan fingerprint density at radius 2 is 1.71 bits per heavy atom. The van der Waals surface area contributed by atoms with Crippen LogP contribution in [-0.2, 0) is 9.47 Å². The summed E-state index contributed by atoms with van der Waals surface area (Å²) in [7, 11) is 0. The highest BCUT2D eigenvalue weighted by atomic mass is 32.1. The minimum absolute atomic E-state index is 0.318. The average Bonchev–Trinajstić information content (AvgIpc) is 2.63. The molecule has 0 atom stereocenters. The molecule has 0 aliphatic carbocycles. The lowest BCUT2D eigenvalue weighted by Gasteiger charge is -2.18. The quantitative estimate of drug-likeness (QED) is 0.780. The Balaban J connectivity index is 2.74. The molecule has 0 saturated carbocycles. The van der Waals surface area contributed by atoms with Crippen molar-refractivity contribution >= 4 is 23.3 Å². The van der Waals surface area contributed by atoms with E-state index in [1.165, 1.54) is 0 Å². The van der Waals surface area contributed by atoms with Crippen molar-refractivity contribution in [2.75, 3.05) is 6.61 Å². The molecule has 0 bridgehead atoms. The lowest BCUT2D eigenvalue weighted by molar-refractivity contribution is 0.00751. The van der Waals surface area contributed by atoms with Gasteiger partial charge in [-0.2, -0.15) is 0 Å². The zero-order chi connectivity index (χ0) is 13.1. The number of hydrogen-bond donors (Lipinski definition) is 0. The topological polar surface area (TPSA) is 52.6 Å². The number of thiophene rings is 1. The molecular weight excluding hydrogens is 240 g/mol. The first kappa shape index (κ1) is 13.7. The minimum atomic E-state index is -0.537. The molecule has 4 nitrogen and oxygen atoms in total. The first-order valence-corrected chi connectivity index (χ1v) is 6.15. The molecule has 1 heterocycles. The van der Waals surface area contributed by atoms with Gasteiger partial charge in [-0.1, -0.05) is 0 Å². The van der Waals surface area contributed by atoms with Gasteiger partial charge < -0.3 is 9.47 Å². The van der Waals surface area contributed by atoms with E-state index in [2.05, 4.69) is 0 Å². The Hall–Kier alpha value is -1.36. The Morgan fingerprint density at radius 3 is 2.18 bits per heavy atom. The summed E-state index contributed by atoms with van der Waals surface area (Å²) in [6.07, 6.45) is 0. The molecule has 1 aromatic heterocycles. The number of ether oxygens (including phenoxy) is 2. The second-order valence-corrected chi connectivity index (χ2v) is 5.47. The summed E-state index contributed by atoms with van der Waals surface area (Å²) in [6.45, 7) is 7.44. The van der Waals surface area contributed by atoms with Gasteiger partial charge in [0, 0.05) is 0 Å². The summed E-state index contributed by atoms with van der Waals surface area (Å²) >= 11 is 1.08. The molecule has 0 aliphatic rings. The molecule has 5 heteroatoms. The standard InChI is InChI=1S/C12H16O4S/c1-5-15-10(13)8-6-7-9(17-8)11(14)16-12(2,3)4/h6-7H,5H2,1-4H3. The van der Waals surface area contributed by atoms with Crippen LogP contribution in [0.2, 0.25) is 0 Å². The van der Waals surface area contributed by atoms with Gasteiger partial charge in [-0.25, -0.2) is 9.59 Å². The molecule has 0 fully saturated rings. The van der Waals surface area contributed by atoms with Crippen molar-refractivity contribution in [2.45, 2.75) is 33.3 Å². The van der Waals surface area contributed by atoms with Crippen LogP contribution in [-0.4, -0.2) is 24.1 Å². The second kappa shape index (κ2) is 5.31. The maximum Gasteiger partial charge on any atom is 0.348 e. The number of esters is 2. The Morgan fingerprint density at radius 1 is 1.18 bits per heavy atom. The number of carbonyl (C=O) groups excluding carboxylic acids is 2. The minimum Gasteiger partial charge on any atom is -0.462 e. The highest BCUT2D eigenvalue weighted by molar-refractivity contribution is 7.15. The Bertz CT molecular complexity index is 414. The summed E-state index contributed by atoms with van der Waals surface area (Å²) < 4.78 is 10.0. The van der Waals surface area contributed by atoms with Crippen molar-refractivity contribution in [3.63, 3.8) is 0 Å². The van der Waals surface area contributed by atoms with E-state index >= 15 is 0 Å². The average molecular weight is 256 g/mol. The van der Waals surface area contributed by atoms with Crippen molar-refractivity contribution < 1.29 is 19.1 Å². The fourth-order valence-electron chi connectivity index (χ4n) is 1.09. The maximum atomic E-state index is 11.7. The normalized spacial score (nSPS) is 11.1. The van der Waals surface area contributed by atoms with Crippen LogP contribution in [0.3, 0.4) is 0 Å². The van der Waals surface area contributed by atoms with Gasteiger partial charge in [-0.3, -0.25) is 0 Å². The molecule has 0 unspecified atom stereocenters. The van der Waals surface area contributed by atoms with Crippen molar-refractivity contribution in [2.24, 2.45) is 0 Å². The van der Waals surface area contributed by atoms with Gasteiger partial charge in [-0.15, -0.1) is 11.3 Å². The van der Waals surface area contributed by atoms with E-state index in [1.807, 2.05) is 0 Å². The van der Waals surface area contributed by atoms with Crippen LogP contribution in [0.4, 0.5) is 0 Å². The monoisotopic (exact) mass is 256 g/mol. The van der Waals surface area contributed by atoms with E-state index in [-0.39, 0.29) is 0 Å². The van der Waals surface area contributed by atoms with Crippen LogP contribution in [0, 0.1) is 0 Å². The van der Waals surface area contributed by atoms with Gasteiger partial charge in [0.1, 0.15) is 15.4 Å². The molecule has 1 aromatic rings. The molecule has 94 valence electrons. The first-order valence-electron chi connectivity index (χ1n) is 5.34. The lowest BCUT2D eigenvalue weighted by Crippen LogP contribution is -2.23. The van der Waals surface area contributed by atoms with Crippen molar-refractivity contribution in [3.05, 3.63) is 21.9 Å². The van der Waals surface area contributed by atoms with Crippen LogP contribution < -0.4 is 0 Å². The third-order valence-corrected chi connectivity index (χ3v) is 2.73. The lowest BCUT2D eigenvalue weighted by atomic mass is 10.2. The van der Waals surface area contributed by atoms with Crippen molar-refractivity contribution in [1.29, 1.82) is 0 Å². The van der Waals surface area contributed by atoms with Gasteiger partial charge >= 0.3 is 11.9 Å². The summed E-state index contributed by atoms with van der Waals surface area (Å²) in [5, 5.41) is 0. The van der Waals surface area contributed by atoms with E-state index in [0.717, 1.165) is 11.3 Å². The summed E-state index contributed by atoms with van der Waals surface area (Å²) in [4.78, 5) is 23.9. The van der Waals surface area contributed by atoms with Crippen molar-refractivity contribution in [1.82, 2.24) is 0 Å². The molecule has 0 spiro atoms. The van der Waals surface area contributed by atoms with Crippen molar-refractivity contribution in [3.8, 4) is 0 Å². The predicted octanol–water partition coefficient (Wildman–Crippen LogP) is 2.88. The molecule has 0 saturated heterocycles. The van der Waals surface area contributed by atoms with E-state index in [0.29, 0.717) is 16.4 Å². The van der Waals surface area contributed by atoms with Crippen LogP contribution >= 0.6 is 11.3 Å². The summed E-state index contributed by atoms with van der Waals surface area (Å²) in [5.74, 6) is -0.828. The third-order valence-electron chi connectivity index (χ3n) is 1.68. The zero-order valence-corrected chi connectivity index (χ0v) is 11.2. The van der Waals surface area contributed by atoms with Gasteiger partial charge in [0.25, 0.3) is 0 Å². The molecule has 0 N–H and O–H groups in total. The fraction of sp³-hybridized carbons (Fsp3) is 0.500. The Kier molecular flexibility index (Phi) is 4.28. The molecule has 1 rings (SSSR count). The fourth-order valence-corrected chi connectivity index (χ4v) is 1.86. The van der Waals surface area contributed by atoms with Crippen LogP contribution in [0.25, 0.3) is 0 Å². The number of hydrogen-bond acceptors (Lipinski definition) is 5. The third kappa shape index (κ3) is 4.19. The largest absolute Gasteiger partial charge is 0.462 e. The number of rotatable bonds is 3. The summed E-state index contributed by atoms with van der Waals surface area (Å²) in [5.41, 5.74) is -0.537. The maximum absolute atomic E-state index is 11.7. The van der Waals surface area contributed by atoms with Crippen LogP contribution in [0.15, 0.2) is 12.1 Å². The van der Waals surface area contributed by atoms with E-state index < -0.39 is 17.5 Å². The van der Waals surface area contributed by atoms with E-state index in [1.54, 1.807) is 39.8 Å². The highest BCUT2D eigenvalue weighted by Crippen LogP contribution is 2.20. The molecule has 0 amide bonds. The first-order chi connectivity index (χ1) is 7.83. The smallest absolute Gasteiger partial charge is 0.348 e. The van der Waals surface area contributed by atoms with Crippen LogP contribution in [0.5, 0.6) is 0 Å². The van der Waals surface area contributed by atoms with Gasteiger partial charge in [0.2, 0.25) is 0 Å². The predicted molar refractivity (Wildman–Crippen MR) is 65.4 cm³/mol. The zero-order valence-electron chi connectivity index (χ0n) is 10.4. The molecule has 17 heavy (non-hydrogen) atoms. The van der Waals surface area contributed by atoms with Crippen LogP contribution in [0.1, 0.15) is 47.0 Å². The van der Waals surface area contributed by atoms with E-state index in [9.17, 15) is 9.59 Å². The second-order valence-electron chi connectivity index (χ2n) is 4.39. The van der Waals surface area contributed by atoms with Gasteiger partial charge in [-0.05, 0) is 39.8 Å². The SMILES string of the molecule is CCOC(=O)c1ccc(C(=O)OC(C)(C)C)s1. The van der Waals surface area contributed by atoms with Gasteiger partial charge in [0.05, 0.1) is 6.61 Å². The summed E-state index contributed by atoms with van der Waals surface area (Å²) in [6, 6.07) is 3.15. The molecular formula is C12H16O4S. The van der Waals surface area contributed by atoms with Gasteiger partial charge in [0.15, 0.2) is 0 Å².